The minimum absolute atomic E-state index is 0.176. The summed E-state index contributed by atoms with van der Waals surface area (Å²) in [5.74, 6) is 0.427. The van der Waals surface area contributed by atoms with E-state index in [-0.39, 0.29) is 36.9 Å². The molecule has 0 saturated carbocycles. The van der Waals surface area contributed by atoms with Crippen molar-refractivity contribution in [1.82, 2.24) is 16.1 Å². The number of carbonyl (C=O) groups excluding carboxylic acids is 3. The van der Waals surface area contributed by atoms with Crippen molar-refractivity contribution in [2.24, 2.45) is 5.10 Å². The third-order valence-corrected chi connectivity index (χ3v) is 7.22. The lowest BCUT2D eigenvalue weighted by Crippen LogP contribution is -2.45. The van der Waals surface area contributed by atoms with Gasteiger partial charge in [-0.1, -0.05) is 35.3 Å². The molecule has 0 bridgehead atoms. The molecular weight excluding hydrogens is 639 g/mol. The van der Waals surface area contributed by atoms with Crippen molar-refractivity contribution in [3.8, 4) is 23.0 Å². The van der Waals surface area contributed by atoms with E-state index in [1.165, 1.54) is 20.4 Å². The molecule has 0 fully saturated rings. The molecule has 1 aliphatic rings. The van der Waals surface area contributed by atoms with E-state index in [1.54, 1.807) is 68.4 Å². The van der Waals surface area contributed by atoms with Crippen molar-refractivity contribution < 1.29 is 38.1 Å². The number of methoxy groups -OCH3 is 2. The quantitative estimate of drug-likeness (QED) is 0.126. The highest BCUT2D eigenvalue weighted by atomic mass is 35.5. The van der Waals surface area contributed by atoms with Crippen LogP contribution in [0.25, 0.3) is 0 Å². The van der Waals surface area contributed by atoms with E-state index >= 15 is 0 Å². The highest BCUT2D eigenvalue weighted by molar-refractivity contribution is 6.35. The number of rotatable bonds is 13. The van der Waals surface area contributed by atoms with Crippen LogP contribution in [-0.2, 0) is 20.9 Å². The number of hydrogen-bond acceptors (Lipinski definition) is 9. The van der Waals surface area contributed by atoms with E-state index in [4.69, 9.17) is 46.9 Å². The van der Waals surface area contributed by atoms with Crippen LogP contribution >= 0.6 is 23.2 Å². The van der Waals surface area contributed by atoms with Crippen molar-refractivity contribution in [2.45, 2.75) is 26.5 Å². The van der Waals surface area contributed by atoms with E-state index in [0.29, 0.717) is 38.4 Å². The van der Waals surface area contributed by atoms with Gasteiger partial charge in [-0.25, -0.2) is 15.0 Å². The molecule has 242 valence electrons. The summed E-state index contributed by atoms with van der Waals surface area (Å²) in [5, 5.41) is 10.3. The molecule has 0 saturated heterocycles. The number of benzene rings is 3. The van der Waals surface area contributed by atoms with E-state index in [9.17, 15) is 14.4 Å². The number of hydrazone groups is 1. The Balaban J connectivity index is 1.35. The molecule has 0 aromatic heterocycles. The summed E-state index contributed by atoms with van der Waals surface area (Å²) in [6.07, 6.45) is 1.44. The number of esters is 1. The number of nitrogens with zero attached hydrogens (tertiary/aromatic N) is 1. The third kappa shape index (κ3) is 8.61. The lowest BCUT2D eigenvalue weighted by molar-refractivity contribution is -0.139. The summed E-state index contributed by atoms with van der Waals surface area (Å²) in [4.78, 5) is 37.2. The first-order valence-electron chi connectivity index (χ1n) is 14.0. The Morgan fingerprint density at radius 1 is 0.957 bits per heavy atom. The first kappa shape index (κ1) is 33.9. The standard InChI is InChI=1S/C32H32Cl2N4O8/c1-5-44-31(40)29-18(2)36-32(41)37-30(29)20-8-11-25(27(13-20)43-4)46-17-28(39)38-35-15-19-6-10-24(26(12-19)42-3)45-16-21-7-9-22(33)14-23(21)34/h6-15,30H,5,16-17H2,1-4H3,(H,38,39)(H2,36,37,41)/b35-15-/t30-/m0/s1. The van der Waals surface area contributed by atoms with Crippen LogP contribution in [0.5, 0.6) is 23.0 Å². The van der Waals surface area contributed by atoms with Gasteiger partial charge >= 0.3 is 12.0 Å². The molecule has 46 heavy (non-hydrogen) atoms. The van der Waals surface area contributed by atoms with Crippen molar-refractivity contribution in [3.05, 3.63) is 92.6 Å². The van der Waals surface area contributed by atoms with Gasteiger partial charge < -0.3 is 34.3 Å². The second-order valence-corrected chi connectivity index (χ2v) is 10.6. The van der Waals surface area contributed by atoms with Crippen LogP contribution in [0.15, 0.2) is 71.0 Å². The average molecular weight is 672 g/mol. The molecule has 3 aromatic carbocycles. The minimum Gasteiger partial charge on any atom is -0.493 e. The molecule has 0 aliphatic carbocycles. The van der Waals surface area contributed by atoms with Crippen LogP contribution < -0.4 is 35.0 Å². The predicted octanol–water partition coefficient (Wildman–Crippen LogP) is 5.31. The first-order valence-corrected chi connectivity index (χ1v) is 14.7. The maximum Gasteiger partial charge on any atom is 0.338 e. The highest BCUT2D eigenvalue weighted by Crippen LogP contribution is 2.35. The van der Waals surface area contributed by atoms with E-state index in [0.717, 1.165) is 5.56 Å². The number of urea groups is 1. The van der Waals surface area contributed by atoms with Crippen LogP contribution in [0.3, 0.4) is 0 Å². The topological polar surface area (TPSA) is 146 Å². The van der Waals surface area contributed by atoms with E-state index in [2.05, 4.69) is 21.2 Å². The zero-order valence-electron chi connectivity index (χ0n) is 25.4. The van der Waals surface area contributed by atoms with Gasteiger partial charge in [-0.05, 0) is 67.4 Å². The van der Waals surface area contributed by atoms with Gasteiger partial charge in [0.2, 0.25) is 0 Å². The Kier molecular flexibility index (Phi) is 11.7. The number of carbonyl (C=O) groups is 3. The maximum absolute atomic E-state index is 12.6. The van der Waals surface area contributed by atoms with Crippen LogP contribution in [0.2, 0.25) is 10.0 Å². The van der Waals surface area contributed by atoms with Gasteiger partial charge in [-0.15, -0.1) is 0 Å². The fraction of sp³-hybridized carbons (Fsp3) is 0.250. The third-order valence-electron chi connectivity index (χ3n) is 6.63. The molecule has 1 atom stereocenters. The molecule has 0 radical (unpaired) electrons. The second kappa shape index (κ2) is 15.9. The fourth-order valence-electron chi connectivity index (χ4n) is 4.44. The lowest BCUT2D eigenvalue weighted by atomic mass is 9.95. The molecule has 12 nitrogen and oxygen atoms in total. The molecule has 4 rings (SSSR count). The summed E-state index contributed by atoms with van der Waals surface area (Å²) in [7, 11) is 2.94. The number of hydrogen-bond donors (Lipinski definition) is 3. The SMILES string of the molecule is CCOC(=O)C1=C(C)NC(=O)N[C@H]1c1ccc(OCC(=O)N/N=C\c2ccc(OCc3ccc(Cl)cc3Cl)c(OC)c2)c(OC)c1. The normalized spacial score (nSPS) is 14.3. The van der Waals surface area contributed by atoms with Crippen LogP contribution in [0, 0.1) is 0 Å². The number of halogens is 2. The minimum atomic E-state index is -0.783. The van der Waals surface area contributed by atoms with E-state index in [1.807, 2.05) is 0 Å². The summed E-state index contributed by atoms with van der Waals surface area (Å²) in [6.45, 7) is 3.34. The molecular formula is C32H32Cl2N4O8. The van der Waals surface area contributed by atoms with Crippen LogP contribution in [-0.4, -0.2) is 51.6 Å². The van der Waals surface area contributed by atoms with E-state index < -0.39 is 23.9 Å². The largest absolute Gasteiger partial charge is 0.493 e. The summed E-state index contributed by atoms with van der Waals surface area (Å²) in [5.41, 5.74) is 5.01. The van der Waals surface area contributed by atoms with Gasteiger partial charge in [-0.3, -0.25) is 4.79 Å². The van der Waals surface area contributed by atoms with Crippen molar-refractivity contribution >= 4 is 47.3 Å². The predicted molar refractivity (Wildman–Crippen MR) is 172 cm³/mol. The Morgan fingerprint density at radius 3 is 2.39 bits per heavy atom. The summed E-state index contributed by atoms with van der Waals surface area (Å²) >= 11 is 12.2. The van der Waals surface area contributed by atoms with Crippen molar-refractivity contribution in [1.29, 1.82) is 0 Å². The molecule has 1 aliphatic heterocycles. The number of allylic oxidation sites excluding steroid dienone is 1. The average Bonchev–Trinajstić information content (AvgIpc) is 3.03. The molecule has 1 heterocycles. The number of nitrogens with one attached hydrogen (secondary N) is 3. The van der Waals surface area contributed by atoms with Crippen molar-refractivity contribution in [2.75, 3.05) is 27.4 Å². The van der Waals surface area contributed by atoms with Gasteiger partial charge in [-0.2, -0.15) is 5.10 Å². The van der Waals surface area contributed by atoms with Gasteiger partial charge in [0.1, 0.15) is 6.61 Å². The first-order chi connectivity index (χ1) is 22.1. The Morgan fingerprint density at radius 2 is 1.67 bits per heavy atom. The van der Waals surface area contributed by atoms with Gasteiger partial charge in [0, 0.05) is 21.3 Å². The second-order valence-electron chi connectivity index (χ2n) is 9.72. The number of amides is 3. The zero-order chi connectivity index (χ0) is 33.2. The summed E-state index contributed by atoms with van der Waals surface area (Å²) < 4.78 is 27.6. The highest BCUT2D eigenvalue weighted by Gasteiger charge is 2.32. The van der Waals surface area contributed by atoms with Gasteiger partial charge in [0.05, 0.1) is 38.7 Å². The lowest BCUT2D eigenvalue weighted by Gasteiger charge is -2.28. The molecule has 0 spiro atoms. The maximum atomic E-state index is 12.6. The monoisotopic (exact) mass is 670 g/mol. The van der Waals surface area contributed by atoms with Crippen LogP contribution in [0.1, 0.15) is 36.6 Å². The molecule has 3 aromatic rings. The molecule has 14 heteroatoms. The Bertz CT molecular complexity index is 1680. The smallest absolute Gasteiger partial charge is 0.338 e. The van der Waals surface area contributed by atoms with Crippen molar-refractivity contribution in [3.63, 3.8) is 0 Å². The zero-order valence-corrected chi connectivity index (χ0v) is 27.0. The van der Waals surface area contributed by atoms with Crippen LogP contribution in [0.4, 0.5) is 4.79 Å². The Hall–Kier alpha value is -4.94. The van der Waals surface area contributed by atoms with Gasteiger partial charge in [0.25, 0.3) is 5.91 Å². The van der Waals surface area contributed by atoms with Gasteiger partial charge in [0.15, 0.2) is 29.6 Å². The molecule has 0 unspecified atom stereocenters. The summed E-state index contributed by atoms with van der Waals surface area (Å²) in [6, 6.07) is 13.9. The fourth-order valence-corrected chi connectivity index (χ4v) is 4.90. The Labute approximate surface area is 275 Å². The molecule has 3 N–H and O–H groups in total. The molecule has 3 amide bonds. The number of ether oxygens (including phenoxy) is 5.